The highest BCUT2D eigenvalue weighted by Gasteiger charge is 2.04. The number of aromatic nitrogens is 1. The van der Waals surface area contributed by atoms with Gasteiger partial charge < -0.3 is 15.8 Å². The highest BCUT2D eigenvalue weighted by Crippen LogP contribution is 2.26. The van der Waals surface area contributed by atoms with Crippen LogP contribution in [0.2, 0.25) is 5.02 Å². The summed E-state index contributed by atoms with van der Waals surface area (Å²) in [5.41, 5.74) is 8.27. The average molecular weight is 264 g/mol. The standard InChI is InChI=1S/C13H14ClN3O/c1-8-5-10(3-4-12(8)18-2)17-13-11(15)6-9(14)7-16-13/h3-7H,15H2,1-2H3,(H,16,17). The number of ether oxygens (including phenoxy) is 1. The Hall–Kier alpha value is -1.94. The highest BCUT2D eigenvalue weighted by atomic mass is 35.5. The number of benzene rings is 1. The van der Waals surface area contributed by atoms with Crippen molar-refractivity contribution in [1.29, 1.82) is 0 Å². The van der Waals surface area contributed by atoms with Gasteiger partial charge in [-0.15, -0.1) is 0 Å². The van der Waals surface area contributed by atoms with Crippen molar-refractivity contribution in [3.8, 4) is 5.75 Å². The van der Waals surface area contributed by atoms with Crippen LogP contribution in [0.1, 0.15) is 5.56 Å². The molecule has 0 amide bonds. The molecule has 0 aliphatic rings. The topological polar surface area (TPSA) is 60.2 Å². The Labute approximate surface area is 111 Å². The number of aryl methyl sites for hydroxylation is 1. The maximum absolute atomic E-state index is 5.83. The number of methoxy groups -OCH3 is 1. The van der Waals surface area contributed by atoms with Crippen LogP contribution in [0.3, 0.4) is 0 Å². The van der Waals surface area contributed by atoms with E-state index in [-0.39, 0.29) is 0 Å². The lowest BCUT2D eigenvalue weighted by atomic mass is 10.2. The Balaban J connectivity index is 2.26. The minimum atomic E-state index is 0.510. The summed E-state index contributed by atoms with van der Waals surface area (Å²) in [5, 5.41) is 3.66. The van der Waals surface area contributed by atoms with Crippen LogP contribution in [0.4, 0.5) is 17.2 Å². The fourth-order valence-corrected chi connectivity index (χ4v) is 1.82. The van der Waals surface area contributed by atoms with Crippen LogP contribution in [0, 0.1) is 6.92 Å². The second kappa shape index (κ2) is 5.14. The fraction of sp³-hybridized carbons (Fsp3) is 0.154. The number of rotatable bonds is 3. The zero-order valence-corrected chi connectivity index (χ0v) is 11.0. The molecule has 2 rings (SSSR count). The monoisotopic (exact) mass is 263 g/mol. The van der Waals surface area contributed by atoms with Crippen molar-refractivity contribution in [1.82, 2.24) is 4.98 Å². The first kappa shape index (κ1) is 12.5. The van der Waals surface area contributed by atoms with Crippen molar-refractivity contribution < 1.29 is 4.74 Å². The Morgan fingerprint density at radius 3 is 2.72 bits per heavy atom. The van der Waals surface area contributed by atoms with Gasteiger partial charge in [-0.25, -0.2) is 4.98 Å². The SMILES string of the molecule is COc1ccc(Nc2ncc(Cl)cc2N)cc1C. The van der Waals surface area contributed by atoms with Gasteiger partial charge in [0.25, 0.3) is 0 Å². The minimum absolute atomic E-state index is 0.510. The van der Waals surface area contributed by atoms with Crippen LogP contribution in [0.25, 0.3) is 0 Å². The number of hydrogen-bond acceptors (Lipinski definition) is 4. The van der Waals surface area contributed by atoms with E-state index in [0.29, 0.717) is 16.5 Å². The van der Waals surface area contributed by atoms with E-state index >= 15 is 0 Å². The summed E-state index contributed by atoms with van der Waals surface area (Å²) in [6.07, 6.45) is 1.55. The summed E-state index contributed by atoms with van der Waals surface area (Å²) < 4.78 is 5.20. The van der Waals surface area contributed by atoms with Crippen LogP contribution in [0.5, 0.6) is 5.75 Å². The van der Waals surface area contributed by atoms with Gasteiger partial charge in [-0.1, -0.05) is 11.6 Å². The second-order valence-corrected chi connectivity index (χ2v) is 4.34. The van der Waals surface area contributed by atoms with Crippen molar-refractivity contribution in [2.75, 3.05) is 18.2 Å². The number of halogens is 1. The van der Waals surface area contributed by atoms with Crippen molar-refractivity contribution in [3.05, 3.63) is 41.0 Å². The van der Waals surface area contributed by atoms with E-state index in [1.165, 1.54) is 0 Å². The molecular formula is C13H14ClN3O. The first-order chi connectivity index (χ1) is 8.60. The molecule has 0 fully saturated rings. The molecule has 0 atom stereocenters. The van der Waals surface area contributed by atoms with E-state index in [1.807, 2.05) is 25.1 Å². The molecule has 0 saturated heterocycles. The van der Waals surface area contributed by atoms with Gasteiger partial charge in [0, 0.05) is 11.9 Å². The van der Waals surface area contributed by atoms with Crippen LogP contribution in [-0.2, 0) is 0 Å². The number of hydrogen-bond donors (Lipinski definition) is 2. The van der Waals surface area contributed by atoms with Crippen molar-refractivity contribution in [3.63, 3.8) is 0 Å². The number of anilines is 3. The summed E-state index contributed by atoms with van der Waals surface area (Å²) >= 11 is 5.80. The normalized spacial score (nSPS) is 10.2. The molecule has 18 heavy (non-hydrogen) atoms. The molecule has 0 radical (unpaired) electrons. The molecule has 0 bridgehead atoms. The third kappa shape index (κ3) is 2.65. The van der Waals surface area contributed by atoms with Crippen LogP contribution < -0.4 is 15.8 Å². The van der Waals surface area contributed by atoms with Gasteiger partial charge in [0.2, 0.25) is 0 Å². The Morgan fingerprint density at radius 1 is 1.33 bits per heavy atom. The quantitative estimate of drug-likeness (QED) is 0.891. The van der Waals surface area contributed by atoms with Gasteiger partial charge in [-0.2, -0.15) is 0 Å². The number of pyridine rings is 1. The third-order valence-corrected chi connectivity index (χ3v) is 2.75. The molecule has 0 saturated carbocycles. The van der Waals surface area contributed by atoms with E-state index in [1.54, 1.807) is 19.4 Å². The molecule has 0 unspecified atom stereocenters. The van der Waals surface area contributed by atoms with Gasteiger partial charge >= 0.3 is 0 Å². The van der Waals surface area contributed by atoms with E-state index in [0.717, 1.165) is 17.0 Å². The summed E-state index contributed by atoms with van der Waals surface area (Å²) in [7, 11) is 1.65. The molecule has 1 heterocycles. The number of nitrogen functional groups attached to an aromatic ring is 1. The first-order valence-electron chi connectivity index (χ1n) is 5.43. The van der Waals surface area contributed by atoms with Gasteiger partial charge in [-0.05, 0) is 36.8 Å². The lowest BCUT2D eigenvalue weighted by Crippen LogP contribution is -1.99. The fourth-order valence-electron chi connectivity index (χ4n) is 1.65. The third-order valence-electron chi connectivity index (χ3n) is 2.54. The number of nitrogens with two attached hydrogens (primary N) is 1. The molecule has 0 aliphatic heterocycles. The lowest BCUT2D eigenvalue weighted by Gasteiger charge is -2.11. The van der Waals surface area contributed by atoms with Gasteiger partial charge in [0.05, 0.1) is 17.8 Å². The summed E-state index contributed by atoms with van der Waals surface area (Å²) in [4.78, 5) is 4.15. The maximum atomic E-state index is 5.83. The van der Waals surface area contributed by atoms with Crippen molar-refractivity contribution in [2.45, 2.75) is 6.92 Å². The Kier molecular flexibility index (Phi) is 3.58. The first-order valence-corrected chi connectivity index (χ1v) is 5.80. The Bertz CT molecular complexity index is 572. The zero-order chi connectivity index (χ0) is 13.1. The van der Waals surface area contributed by atoms with E-state index in [9.17, 15) is 0 Å². The number of nitrogens with one attached hydrogen (secondary N) is 1. The van der Waals surface area contributed by atoms with Crippen LogP contribution in [0.15, 0.2) is 30.5 Å². The molecule has 2 aromatic rings. The molecule has 0 aliphatic carbocycles. The zero-order valence-electron chi connectivity index (χ0n) is 10.2. The summed E-state index contributed by atoms with van der Waals surface area (Å²) in [6, 6.07) is 7.42. The van der Waals surface area contributed by atoms with E-state index in [2.05, 4.69) is 10.3 Å². The summed E-state index contributed by atoms with van der Waals surface area (Å²) in [6.45, 7) is 1.97. The van der Waals surface area contributed by atoms with Crippen LogP contribution >= 0.6 is 11.6 Å². The lowest BCUT2D eigenvalue weighted by molar-refractivity contribution is 0.412. The van der Waals surface area contributed by atoms with Gasteiger partial charge in [0.15, 0.2) is 5.82 Å². The second-order valence-electron chi connectivity index (χ2n) is 3.90. The smallest absolute Gasteiger partial charge is 0.153 e. The molecule has 94 valence electrons. The van der Waals surface area contributed by atoms with Gasteiger partial charge in [0.1, 0.15) is 5.75 Å². The van der Waals surface area contributed by atoms with Crippen molar-refractivity contribution in [2.24, 2.45) is 0 Å². The maximum Gasteiger partial charge on any atom is 0.153 e. The minimum Gasteiger partial charge on any atom is -0.496 e. The van der Waals surface area contributed by atoms with E-state index < -0.39 is 0 Å². The molecule has 3 N–H and O–H groups in total. The summed E-state index contributed by atoms with van der Waals surface area (Å²) in [5.74, 6) is 1.43. The molecule has 1 aromatic carbocycles. The Morgan fingerprint density at radius 2 is 2.11 bits per heavy atom. The average Bonchev–Trinajstić information content (AvgIpc) is 2.33. The number of nitrogens with zero attached hydrogens (tertiary/aromatic N) is 1. The molecular weight excluding hydrogens is 250 g/mol. The highest BCUT2D eigenvalue weighted by molar-refractivity contribution is 6.30. The molecule has 0 spiro atoms. The predicted octanol–water partition coefficient (Wildman–Crippen LogP) is 3.38. The molecule has 4 nitrogen and oxygen atoms in total. The molecule has 5 heteroatoms. The van der Waals surface area contributed by atoms with Crippen LogP contribution in [-0.4, -0.2) is 12.1 Å². The molecule has 1 aromatic heterocycles. The van der Waals surface area contributed by atoms with Crippen molar-refractivity contribution >= 4 is 28.8 Å². The predicted molar refractivity (Wildman–Crippen MR) is 74.7 cm³/mol. The van der Waals surface area contributed by atoms with Gasteiger partial charge in [-0.3, -0.25) is 0 Å². The largest absolute Gasteiger partial charge is 0.496 e. The van der Waals surface area contributed by atoms with E-state index in [4.69, 9.17) is 22.1 Å².